The van der Waals surface area contributed by atoms with Gasteiger partial charge in [-0.25, -0.2) is 0 Å². The second kappa shape index (κ2) is 6.01. The van der Waals surface area contributed by atoms with Crippen molar-refractivity contribution in [3.05, 3.63) is 54.1 Å². The maximum absolute atomic E-state index is 5.98. The van der Waals surface area contributed by atoms with Crippen LogP contribution in [0.5, 0.6) is 0 Å². The number of hydrogen-bond acceptors (Lipinski definition) is 6. The molecule has 0 bridgehead atoms. The number of rotatable bonds is 3. The number of nitrogens with zero attached hydrogens (tertiary/aromatic N) is 6. The lowest BCUT2D eigenvalue weighted by molar-refractivity contribution is 0.0394. The van der Waals surface area contributed by atoms with E-state index in [2.05, 4.69) is 50.3 Å². The highest BCUT2D eigenvalue weighted by atomic mass is 16.5. The zero-order valence-electron chi connectivity index (χ0n) is 13.5. The lowest BCUT2D eigenvalue weighted by atomic mass is 10.0. The second-order valence-electron chi connectivity index (χ2n) is 5.93. The van der Waals surface area contributed by atoms with Crippen LogP contribution in [0.15, 0.2) is 43.0 Å². The minimum atomic E-state index is 0.00409. The predicted octanol–water partition coefficient (Wildman–Crippen LogP) is 2.13. The van der Waals surface area contributed by atoms with Crippen LogP contribution in [0.3, 0.4) is 0 Å². The zero-order chi connectivity index (χ0) is 16.5. The summed E-state index contributed by atoms with van der Waals surface area (Å²) in [7, 11) is 0. The van der Waals surface area contributed by atoms with Crippen LogP contribution in [-0.4, -0.2) is 45.0 Å². The van der Waals surface area contributed by atoms with Crippen LogP contribution in [0, 0.1) is 0 Å². The van der Waals surface area contributed by atoms with E-state index in [9.17, 15) is 0 Å². The summed E-state index contributed by atoms with van der Waals surface area (Å²) in [5.41, 5.74) is 3.98. The maximum atomic E-state index is 5.98. The molecule has 1 aromatic carbocycles. The molecule has 0 aliphatic carbocycles. The lowest BCUT2D eigenvalue weighted by Gasteiger charge is -2.33. The van der Waals surface area contributed by atoms with E-state index in [1.165, 1.54) is 4.63 Å². The Morgan fingerprint density at radius 3 is 3.08 bits per heavy atom. The maximum Gasteiger partial charge on any atom is 0.200 e. The van der Waals surface area contributed by atoms with Crippen molar-refractivity contribution in [1.82, 2.24) is 25.3 Å². The summed E-state index contributed by atoms with van der Waals surface area (Å²) in [4.78, 5) is 2.20. The molecule has 0 amide bonds. The molecule has 1 aliphatic heterocycles. The third-order valence-electron chi connectivity index (χ3n) is 4.20. The first-order valence-electron chi connectivity index (χ1n) is 7.88. The van der Waals surface area contributed by atoms with E-state index in [1.54, 1.807) is 0 Å². The molecule has 1 saturated heterocycles. The molecule has 1 atom stereocenters. The number of allylic oxidation sites excluding steroid dienone is 1. The molecule has 1 aliphatic rings. The highest BCUT2D eigenvalue weighted by molar-refractivity contribution is 5.62. The van der Waals surface area contributed by atoms with E-state index < -0.39 is 0 Å². The molecule has 1 fully saturated rings. The van der Waals surface area contributed by atoms with Crippen LogP contribution in [0.1, 0.15) is 24.2 Å². The number of tetrazole rings is 1. The fourth-order valence-electron chi connectivity index (χ4n) is 2.87. The minimum Gasteiger partial charge on any atom is -0.370 e. The third-order valence-corrected chi connectivity index (χ3v) is 4.20. The van der Waals surface area contributed by atoms with Crippen LogP contribution in [-0.2, 0) is 4.74 Å². The standard InChI is InChI=1S/C17H18N6O/c1-12(2)13-4-3-5-14(10-13)15-11-22(8-9-24-15)17-7-6-16-18-20-21-23(16)19-17/h3-7,10,15H,1,8-9,11H2,2H3. The average Bonchev–Trinajstić information content (AvgIpc) is 3.09. The number of benzene rings is 1. The van der Waals surface area contributed by atoms with Gasteiger partial charge in [0.2, 0.25) is 0 Å². The summed E-state index contributed by atoms with van der Waals surface area (Å²) in [6.07, 6.45) is 0.00409. The Bertz CT molecular complexity index is 889. The van der Waals surface area contributed by atoms with Crippen LogP contribution in [0.4, 0.5) is 5.82 Å². The molecule has 3 heterocycles. The second-order valence-corrected chi connectivity index (χ2v) is 5.93. The fraction of sp³-hybridized carbons (Fsp3) is 0.294. The topological polar surface area (TPSA) is 68.4 Å². The minimum absolute atomic E-state index is 0.00409. The zero-order valence-corrected chi connectivity index (χ0v) is 13.5. The summed E-state index contributed by atoms with van der Waals surface area (Å²) in [5.74, 6) is 0.846. The number of morpholine rings is 1. The van der Waals surface area contributed by atoms with E-state index >= 15 is 0 Å². The van der Waals surface area contributed by atoms with E-state index in [4.69, 9.17) is 4.74 Å². The Balaban J connectivity index is 1.59. The molecule has 1 unspecified atom stereocenters. The van der Waals surface area contributed by atoms with Gasteiger partial charge in [0, 0.05) is 13.1 Å². The third kappa shape index (κ3) is 2.74. The van der Waals surface area contributed by atoms with Gasteiger partial charge in [-0.05, 0) is 46.7 Å². The average molecular weight is 322 g/mol. The Morgan fingerprint density at radius 2 is 2.21 bits per heavy atom. The van der Waals surface area contributed by atoms with E-state index in [1.807, 2.05) is 25.1 Å². The number of anilines is 1. The Labute approximate surface area is 139 Å². The Morgan fingerprint density at radius 1 is 1.29 bits per heavy atom. The molecular weight excluding hydrogens is 304 g/mol. The Kier molecular flexibility index (Phi) is 3.70. The quantitative estimate of drug-likeness (QED) is 0.736. The van der Waals surface area contributed by atoms with Crippen LogP contribution < -0.4 is 4.90 Å². The van der Waals surface area contributed by atoms with Crippen LogP contribution in [0.25, 0.3) is 11.2 Å². The molecule has 122 valence electrons. The predicted molar refractivity (Wildman–Crippen MR) is 90.6 cm³/mol. The first-order chi connectivity index (χ1) is 11.7. The number of ether oxygens (including phenoxy) is 1. The smallest absolute Gasteiger partial charge is 0.200 e. The molecule has 0 spiro atoms. The van der Waals surface area contributed by atoms with Crippen molar-refractivity contribution in [3.8, 4) is 0 Å². The van der Waals surface area contributed by atoms with Gasteiger partial charge in [0.1, 0.15) is 6.10 Å². The molecule has 0 N–H and O–H groups in total. The van der Waals surface area contributed by atoms with Crippen molar-refractivity contribution < 1.29 is 4.74 Å². The SMILES string of the molecule is C=C(C)c1cccc(C2CN(c3ccc4nnnn4n3)CCO2)c1. The van der Waals surface area contributed by atoms with Crippen molar-refractivity contribution in [2.75, 3.05) is 24.6 Å². The van der Waals surface area contributed by atoms with Gasteiger partial charge in [-0.1, -0.05) is 30.4 Å². The number of hydrogen-bond donors (Lipinski definition) is 0. The van der Waals surface area contributed by atoms with Gasteiger partial charge in [0.15, 0.2) is 11.5 Å². The largest absolute Gasteiger partial charge is 0.370 e. The molecule has 2 aromatic heterocycles. The van der Waals surface area contributed by atoms with Gasteiger partial charge >= 0.3 is 0 Å². The first-order valence-corrected chi connectivity index (χ1v) is 7.88. The summed E-state index contributed by atoms with van der Waals surface area (Å²) in [6, 6.07) is 12.2. The molecular formula is C17H18N6O. The number of aromatic nitrogens is 5. The highest BCUT2D eigenvalue weighted by Gasteiger charge is 2.23. The lowest BCUT2D eigenvalue weighted by Crippen LogP contribution is -2.39. The summed E-state index contributed by atoms with van der Waals surface area (Å²) < 4.78 is 7.42. The summed E-state index contributed by atoms with van der Waals surface area (Å²) in [6.45, 7) is 8.20. The van der Waals surface area contributed by atoms with Gasteiger partial charge in [-0.2, -0.15) is 0 Å². The van der Waals surface area contributed by atoms with Crippen molar-refractivity contribution in [2.24, 2.45) is 0 Å². The van der Waals surface area contributed by atoms with Crippen molar-refractivity contribution >= 4 is 17.0 Å². The van der Waals surface area contributed by atoms with E-state index in [-0.39, 0.29) is 6.10 Å². The Hall–Kier alpha value is -2.80. The van der Waals surface area contributed by atoms with Crippen LogP contribution >= 0.6 is 0 Å². The summed E-state index contributed by atoms with van der Waals surface area (Å²) in [5, 5.41) is 15.8. The monoisotopic (exact) mass is 322 g/mol. The highest BCUT2D eigenvalue weighted by Crippen LogP contribution is 2.26. The van der Waals surface area contributed by atoms with Gasteiger partial charge in [-0.3, -0.25) is 0 Å². The molecule has 0 saturated carbocycles. The van der Waals surface area contributed by atoms with Crippen LogP contribution in [0.2, 0.25) is 0 Å². The molecule has 7 nitrogen and oxygen atoms in total. The van der Waals surface area contributed by atoms with Gasteiger partial charge in [-0.15, -0.1) is 14.8 Å². The van der Waals surface area contributed by atoms with Crippen molar-refractivity contribution in [3.63, 3.8) is 0 Å². The van der Waals surface area contributed by atoms with Gasteiger partial charge in [0.25, 0.3) is 0 Å². The molecule has 4 rings (SSSR count). The molecule has 0 radical (unpaired) electrons. The summed E-state index contributed by atoms with van der Waals surface area (Å²) >= 11 is 0. The molecule has 7 heteroatoms. The van der Waals surface area contributed by atoms with Crippen molar-refractivity contribution in [2.45, 2.75) is 13.0 Å². The fourth-order valence-corrected chi connectivity index (χ4v) is 2.87. The normalized spacial score (nSPS) is 18.0. The van der Waals surface area contributed by atoms with Gasteiger partial charge < -0.3 is 9.64 Å². The van der Waals surface area contributed by atoms with E-state index in [0.29, 0.717) is 12.3 Å². The number of fused-ring (bicyclic) bond motifs is 1. The van der Waals surface area contributed by atoms with Crippen molar-refractivity contribution in [1.29, 1.82) is 0 Å². The molecule has 24 heavy (non-hydrogen) atoms. The van der Waals surface area contributed by atoms with E-state index in [0.717, 1.165) is 35.6 Å². The molecule has 3 aromatic rings. The first kappa shape index (κ1) is 14.8. The van der Waals surface area contributed by atoms with Gasteiger partial charge in [0.05, 0.1) is 6.61 Å².